The summed E-state index contributed by atoms with van der Waals surface area (Å²) in [5.74, 6) is -0.0602. The molecule has 4 nitrogen and oxygen atoms in total. The highest BCUT2D eigenvalue weighted by Gasteiger charge is 2.30. The Morgan fingerprint density at radius 1 is 0.933 bits per heavy atom. The first-order valence-electron chi connectivity index (χ1n) is 9.07. The van der Waals surface area contributed by atoms with E-state index in [1.807, 2.05) is 0 Å². The van der Waals surface area contributed by atoms with Crippen LogP contribution in [0.3, 0.4) is 0 Å². The summed E-state index contributed by atoms with van der Waals surface area (Å²) in [4.78, 5) is 12.6. The maximum Gasteiger partial charge on any atom is 0.416 e. The molecule has 152 valence electrons. The van der Waals surface area contributed by atoms with E-state index in [0.29, 0.717) is 22.3 Å². The molecule has 0 radical (unpaired) electrons. The van der Waals surface area contributed by atoms with E-state index in [-0.39, 0.29) is 24.8 Å². The molecule has 7 heteroatoms. The van der Waals surface area contributed by atoms with Gasteiger partial charge in [0.2, 0.25) is 0 Å². The Morgan fingerprint density at radius 2 is 1.57 bits per heavy atom. The number of hydrogen-bond acceptors (Lipinski definition) is 3. The van der Waals surface area contributed by atoms with Crippen LogP contribution in [-0.2, 0) is 6.18 Å². The molecule has 0 aliphatic rings. The number of nitriles is 1. The van der Waals surface area contributed by atoms with Crippen molar-refractivity contribution in [1.29, 1.82) is 5.26 Å². The van der Waals surface area contributed by atoms with Crippen LogP contribution in [0.25, 0.3) is 11.1 Å². The monoisotopic (exact) mass is 410 g/mol. The topological polar surface area (TPSA) is 62.1 Å². The molecular weight excluding hydrogens is 393 g/mol. The lowest BCUT2D eigenvalue weighted by atomic mass is 9.95. The molecule has 0 aliphatic carbocycles. The van der Waals surface area contributed by atoms with E-state index < -0.39 is 11.7 Å². The summed E-state index contributed by atoms with van der Waals surface area (Å²) >= 11 is 0. The number of carbonyl (C=O) groups is 1. The Hall–Kier alpha value is -3.79. The van der Waals surface area contributed by atoms with Crippen LogP contribution < -0.4 is 10.1 Å². The van der Waals surface area contributed by atoms with Crippen molar-refractivity contribution in [3.63, 3.8) is 0 Å². The van der Waals surface area contributed by atoms with E-state index >= 15 is 0 Å². The van der Waals surface area contributed by atoms with Crippen LogP contribution in [0.4, 0.5) is 13.2 Å². The number of amides is 1. The SMILES string of the molecule is N#Cc1ccccc1-c1ccccc1C(=O)NCCOc1ccc(C(F)(F)F)cc1. The molecule has 0 heterocycles. The molecule has 0 aliphatic heterocycles. The second-order valence-corrected chi connectivity index (χ2v) is 6.33. The number of carbonyl (C=O) groups excluding carboxylic acids is 1. The third-order valence-corrected chi connectivity index (χ3v) is 4.35. The van der Waals surface area contributed by atoms with Crippen LogP contribution in [0, 0.1) is 11.3 Å². The highest BCUT2D eigenvalue weighted by atomic mass is 19.4. The van der Waals surface area contributed by atoms with Crippen LogP contribution in [0.1, 0.15) is 21.5 Å². The third kappa shape index (κ3) is 4.97. The molecule has 0 saturated heterocycles. The van der Waals surface area contributed by atoms with Crippen LogP contribution in [-0.4, -0.2) is 19.1 Å². The molecule has 0 fully saturated rings. The van der Waals surface area contributed by atoms with Crippen molar-refractivity contribution in [2.24, 2.45) is 0 Å². The normalized spacial score (nSPS) is 10.9. The smallest absolute Gasteiger partial charge is 0.416 e. The van der Waals surface area contributed by atoms with Crippen molar-refractivity contribution in [2.75, 3.05) is 13.2 Å². The lowest BCUT2D eigenvalue weighted by Gasteiger charge is -2.12. The van der Waals surface area contributed by atoms with Crippen LogP contribution >= 0.6 is 0 Å². The first-order chi connectivity index (χ1) is 14.4. The third-order valence-electron chi connectivity index (χ3n) is 4.35. The van der Waals surface area contributed by atoms with Gasteiger partial charge < -0.3 is 10.1 Å². The van der Waals surface area contributed by atoms with E-state index in [2.05, 4.69) is 11.4 Å². The minimum atomic E-state index is -4.40. The first kappa shape index (κ1) is 20.9. The fourth-order valence-corrected chi connectivity index (χ4v) is 2.90. The van der Waals surface area contributed by atoms with Gasteiger partial charge in [0.25, 0.3) is 5.91 Å². The Labute approximate surface area is 171 Å². The molecule has 30 heavy (non-hydrogen) atoms. The zero-order valence-electron chi connectivity index (χ0n) is 15.7. The van der Waals surface area contributed by atoms with Gasteiger partial charge in [0.15, 0.2) is 0 Å². The van der Waals surface area contributed by atoms with Gasteiger partial charge >= 0.3 is 6.18 Å². The molecule has 0 aromatic heterocycles. The fraction of sp³-hybridized carbons (Fsp3) is 0.130. The van der Waals surface area contributed by atoms with Gasteiger partial charge in [0.05, 0.1) is 23.7 Å². The van der Waals surface area contributed by atoms with Gasteiger partial charge in [-0.15, -0.1) is 0 Å². The number of alkyl halides is 3. The summed E-state index contributed by atoms with van der Waals surface area (Å²) in [6.07, 6.45) is -4.40. The maximum absolute atomic E-state index is 12.6. The van der Waals surface area contributed by atoms with Crippen LogP contribution in [0.15, 0.2) is 72.8 Å². The second-order valence-electron chi connectivity index (χ2n) is 6.33. The molecule has 0 saturated carbocycles. The lowest BCUT2D eigenvalue weighted by Crippen LogP contribution is -2.28. The predicted octanol–water partition coefficient (Wildman–Crippen LogP) is 5.05. The molecule has 0 spiro atoms. The highest BCUT2D eigenvalue weighted by Crippen LogP contribution is 2.30. The summed E-state index contributed by atoms with van der Waals surface area (Å²) in [7, 11) is 0. The fourth-order valence-electron chi connectivity index (χ4n) is 2.90. The quantitative estimate of drug-likeness (QED) is 0.579. The minimum Gasteiger partial charge on any atom is -0.492 e. The molecular formula is C23H17F3N2O2. The molecule has 0 bridgehead atoms. The summed E-state index contributed by atoms with van der Waals surface area (Å²) in [5.41, 5.74) is 1.41. The standard InChI is InChI=1S/C23H17F3N2O2/c24-23(25,26)17-9-11-18(12-10-17)30-14-13-28-22(29)21-8-4-3-7-20(21)19-6-2-1-5-16(19)15-27/h1-12H,13-14H2,(H,28,29). The Kier molecular flexibility index (Phi) is 6.38. The molecule has 0 unspecified atom stereocenters. The summed E-state index contributed by atoms with van der Waals surface area (Å²) in [6.45, 7) is 0.252. The average molecular weight is 410 g/mol. The zero-order chi connectivity index (χ0) is 21.6. The van der Waals surface area contributed by atoms with Crippen LogP contribution in [0.2, 0.25) is 0 Å². The minimum absolute atomic E-state index is 0.0913. The van der Waals surface area contributed by atoms with Crippen molar-refractivity contribution in [1.82, 2.24) is 5.32 Å². The molecule has 1 amide bonds. The number of hydrogen-bond donors (Lipinski definition) is 1. The van der Waals surface area contributed by atoms with Gasteiger partial charge in [0, 0.05) is 11.1 Å². The first-order valence-corrected chi connectivity index (χ1v) is 9.07. The van der Waals surface area contributed by atoms with E-state index in [4.69, 9.17) is 4.74 Å². The van der Waals surface area contributed by atoms with E-state index in [9.17, 15) is 23.2 Å². The highest BCUT2D eigenvalue weighted by molar-refractivity contribution is 6.01. The Morgan fingerprint density at radius 3 is 2.23 bits per heavy atom. The molecule has 1 N–H and O–H groups in total. The number of ether oxygens (including phenoxy) is 1. The van der Waals surface area contributed by atoms with Crippen molar-refractivity contribution in [2.45, 2.75) is 6.18 Å². The zero-order valence-corrected chi connectivity index (χ0v) is 15.7. The Bertz CT molecular complexity index is 1070. The van der Waals surface area contributed by atoms with Gasteiger partial charge in [-0.05, 0) is 42.0 Å². The lowest BCUT2D eigenvalue weighted by molar-refractivity contribution is -0.137. The molecule has 3 aromatic rings. The van der Waals surface area contributed by atoms with E-state index in [1.54, 1.807) is 48.5 Å². The molecule has 0 atom stereocenters. The summed E-state index contributed by atoms with van der Waals surface area (Å²) < 4.78 is 43.1. The largest absolute Gasteiger partial charge is 0.492 e. The number of nitrogens with one attached hydrogen (secondary N) is 1. The molecule has 3 aromatic carbocycles. The van der Waals surface area contributed by atoms with E-state index in [0.717, 1.165) is 12.1 Å². The predicted molar refractivity (Wildman–Crippen MR) is 106 cm³/mol. The van der Waals surface area contributed by atoms with Crippen molar-refractivity contribution >= 4 is 5.91 Å². The van der Waals surface area contributed by atoms with Crippen molar-refractivity contribution in [3.8, 4) is 22.9 Å². The number of nitrogens with zero attached hydrogens (tertiary/aromatic N) is 1. The average Bonchev–Trinajstić information content (AvgIpc) is 2.76. The number of halogens is 3. The van der Waals surface area contributed by atoms with Gasteiger partial charge in [-0.2, -0.15) is 18.4 Å². The van der Waals surface area contributed by atoms with Gasteiger partial charge in [-0.1, -0.05) is 36.4 Å². The number of rotatable bonds is 6. The van der Waals surface area contributed by atoms with Crippen molar-refractivity contribution < 1.29 is 22.7 Å². The maximum atomic E-state index is 12.6. The van der Waals surface area contributed by atoms with Gasteiger partial charge in [-0.3, -0.25) is 4.79 Å². The second kappa shape index (κ2) is 9.14. The van der Waals surface area contributed by atoms with E-state index in [1.165, 1.54) is 12.1 Å². The van der Waals surface area contributed by atoms with Crippen molar-refractivity contribution in [3.05, 3.63) is 89.5 Å². The van der Waals surface area contributed by atoms with Gasteiger partial charge in [-0.25, -0.2) is 0 Å². The molecule has 3 rings (SSSR count). The summed E-state index contributed by atoms with van der Waals surface area (Å²) in [5, 5.41) is 12.0. The summed E-state index contributed by atoms with van der Waals surface area (Å²) in [6, 6.07) is 20.4. The number of benzene rings is 3. The Balaban J connectivity index is 1.62. The van der Waals surface area contributed by atoms with Gasteiger partial charge in [0.1, 0.15) is 12.4 Å². The van der Waals surface area contributed by atoms with Crippen LogP contribution in [0.5, 0.6) is 5.75 Å².